The Morgan fingerprint density at radius 3 is 2.34 bits per heavy atom. The summed E-state index contributed by atoms with van der Waals surface area (Å²) in [6, 6.07) is 9.48. The highest BCUT2D eigenvalue weighted by Gasteiger charge is 2.24. The van der Waals surface area contributed by atoms with Gasteiger partial charge in [-0.2, -0.15) is 0 Å². The van der Waals surface area contributed by atoms with Gasteiger partial charge >= 0.3 is 6.03 Å². The number of carbonyl (C=O) groups excluding carboxylic acids is 1. The normalized spacial score (nSPS) is 20.9. The van der Waals surface area contributed by atoms with Crippen molar-refractivity contribution in [3.05, 3.63) is 41.5 Å². The van der Waals surface area contributed by atoms with Crippen LogP contribution in [0, 0.1) is 11.8 Å². The van der Waals surface area contributed by atoms with Gasteiger partial charge in [0.05, 0.1) is 0 Å². The summed E-state index contributed by atoms with van der Waals surface area (Å²) >= 11 is 0. The molecule has 1 heterocycles. The van der Waals surface area contributed by atoms with E-state index in [2.05, 4.69) is 82.2 Å². The van der Waals surface area contributed by atoms with Crippen LogP contribution in [0.15, 0.2) is 30.3 Å². The summed E-state index contributed by atoms with van der Waals surface area (Å²) < 4.78 is 0. The van der Waals surface area contributed by atoms with Gasteiger partial charge < -0.3 is 15.1 Å². The Kier molecular flexibility index (Phi) is 12.7. The highest BCUT2D eigenvalue weighted by molar-refractivity contribution is 5.75. The molecule has 0 aromatic heterocycles. The fraction of sp³-hybridized carbons (Fsp3) is 0.679. The largest absolute Gasteiger partial charge is 0.335 e. The van der Waals surface area contributed by atoms with E-state index < -0.39 is 0 Å². The van der Waals surface area contributed by atoms with Crippen LogP contribution in [0.4, 0.5) is 4.79 Å². The van der Waals surface area contributed by atoms with Crippen LogP contribution in [0.25, 0.3) is 5.57 Å². The Labute approximate surface area is 198 Å². The smallest absolute Gasteiger partial charge is 0.317 e. The number of amides is 2. The molecule has 2 rings (SSSR count). The summed E-state index contributed by atoms with van der Waals surface area (Å²) in [4.78, 5) is 17.4. The molecule has 1 aliphatic rings. The molecule has 0 bridgehead atoms. The van der Waals surface area contributed by atoms with Crippen LogP contribution in [0.3, 0.4) is 0 Å². The van der Waals surface area contributed by atoms with Gasteiger partial charge in [0, 0.05) is 25.7 Å². The van der Waals surface area contributed by atoms with E-state index in [1.807, 2.05) is 4.90 Å². The van der Waals surface area contributed by atoms with Crippen LogP contribution in [-0.4, -0.2) is 55.1 Å². The molecule has 2 amide bonds. The molecule has 4 heteroatoms. The van der Waals surface area contributed by atoms with E-state index in [0.29, 0.717) is 11.8 Å². The van der Waals surface area contributed by atoms with Gasteiger partial charge in [0.1, 0.15) is 0 Å². The van der Waals surface area contributed by atoms with E-state index in [0.717, 1.165) is 51.9 Å². The molecule has 1 N–H and O–H groups in total. The molecule has 182 valence electrons. The van der Waals surface area contributed by atoms with Crippen molar-refractivity contribution in [1.82, 2.24) is 15.1 Å². The molecule has 0 fully saturated rings. The number of hydrogen-bond acceptors (Lipinski definition) is 2. The number of nitrogens with zero attached hydrogens (tertiary/aromatic N) is 2. The lowest BCUT2D eigenvalue weighted by atomic mass is 9.88. The fourth-order valence-corrected chi connectivity index (χ4v) is 4.49. The molecule has 2 atom stereocenters. The van der Waals surface area contributed by atoms with Gasteiger partial charge in [-0.1, -0.05) is 72.4 Å². The average molecular weight is 444 g/mol. The van der Waals surface area contributed by atoms with Crippen molar-refractivity contribution in [2.24, 2.45) is 11.8 Å². The maximum absolute atomic E-state index is 12.9. The average Bonchev–Trinajstić information content (AvgIpc) is 2.75. The summed E-state index contributed by atoms with van der Waals surface area (Å²) in [5.74, 6) is 0.782. The van der Waals surface area contributed by atoms with Gasteiger partial charge in [0.25, 0.3) is 0 Å². The number of nitrogens with one attached hydrogen (secondary N) is 1. The highest BCUT2D eigenvalue weighted by atomic mass is 16.2. The maximum atomic E-state index is 12.9. The van der Waals surface area contributed by atoms with E-state index in [1.165, 1.54) is 23.1 Å². The first-order valence-electron chi connectivity index (χ1n) is 12.4. The van der Waals surface area contributed by atoms with Crippen molar-refractivity contribution in [3.8, 4) is 0 Å². The lowest BCUT2D eigenvalue weighted by Crippen LogP contribution is -2.48. The van der Waals surface area contributed by atoms with Gasteiger partial charge in [-0.05, 0) is 74.2 Å². The molecule has 0 aliphatic carbocycles. The standard InChI is InChI=1S/C27H45N3O.CH4/c1-7-17-29(6)18-16-23-11-13-24(14-12-23)26-15-10-21(4)19-30(20-22(26)5)27(31)28-25(8-2)9-3;/h11-15,21-22,25H,7-10,16-20H2,1-6H3,(H,28,31);1H4/b26-15+;/t21-,22?;/m0./s1. The molecule has 1 aromatic rings. The zero-order valence-corrected chi connectivity index (χ0v) is 20.8. The number of likely N-dealkylation sites (N-methyl/N-ethyl adjacent to an activating group) is 1. The fourth-order valence-electron chi connectivity index (χ4n) is 4.49. The number of rotatable bonds is 9. The highest BCUT2D eigenvalue weighted by Crippen LogP contribution is 2.29. The minimum Gasteiger partial charge on any atom is -0.335 e. The molecule has 0 saturated heterocycles. The van der Waals surface area contributed by atoms with E-state index >= 15 is 0 Å². The van der Waals surface area contributed by atoms with Crippen molar-refractivity contribution in [2.45, 2.75) is 80.2 Å². The Morgan fingerprint density at radius 1 is 1.09 bits per heavy atom. The topological polar surface area (TPSA) is 35.6 Å². The Balaban J connectivity index is 0.00000512. The molecule has 0 saturated carbocycles. The van der Waals surface area contributed by atoms with Crippen LogP contribution in [0.1, 0.15) is 78.9 Å². The lowest BCUT2D eigenvalue weighted by molar-refractivity contribution is 0.179. The molecule has 1 aromatic carbocycles. The quantitative estimate of drug-likeness (QED) is 0.475. The van der Waals surface area contributed by atoms with Crippen molar-refractivity contribution >= 4 is 11.6 Å². The van der Waals surface area contributed by atoms with E-state index in [9.17, 15) is 4.79 Å². The summed E-state index contributed by atoms with van der Waals surface area (Å²) in [6.45, 7) is 14.9. The van der Waals surface area contributed by atoms with Crippen molar-refractivity contribution in [3.63, 3.8) is 0 Å². The Morgan fingerprint density at radius 2 is 1.75 bits per heavy atom. The number of urea groups is 1. The molecule has 0 spiro atoms. The molecule has 0 radical (unpaired) electrons. The molecular formula is C28H49N3O. The third-order valence-electron chi connectivity index (χ3n) is 6.57. The zero-order chi connectivity index (χ0) is 22.8. The predicted octanol–water partition coefficient (Wildman–Crippen LogP) is 6.47. The van der Waals surface area contributed by atoms with Gasteiger partial charge in [-0.25, -0.2) is 4.79 Å². The summed E-state index contributed by atoms with van der Waals surface area (Å²) in [5.41, 5.74) is 4.07. The molecular weight excluding hydrogens is 394 g/mol. The number of benzene rings is 1. The number of allylic oxidation sites excluding steroid dienone is 1. The van der Waals surface area contributed by atoms with Gasteiger partial charge in [0.2, 0.25) is 0 Å². The van der Waals surface area contributed by atoms with Gasteiger partial charge in [-0.15, -0.1) is 0 Å². The second kappa shape index (κ2) is 14.4. The first-order chi connectivity index (χ1) is 14.9. The van der Waals surface area contributed by atoms with Crippen LogP contribution < -0.4 is 5.32 Å². The zero-order valence-electron chi connectivity index (χ0n) is 20.8. The summed E-state index contributed by atoms with van der Waals surface area (Å²) in [6.07, 6.45) is 7.67. The van der Waals surface area contributed by atoms with E-state index in [4.69, 9.17) is 0 Å². The van der Waals surface area contributed by atoms with Crippen molar-refractivity contribution < 1.29 is 4.79 Å². The monoisotopic (exact) mass is 443 g/mol. The SMILES string of the molecule is C.CCCN(C)CCc1ccc(/C2=C/C[C@H](C)CN(C(=O)NC(CC)CC)CC2C)cc1. The minimum atomic E-state index is 0. The Bertz CT molecular complexity index is 693. The van der Waals surface area contributed by atoms with E-state index in [1.54, 1.807) is 0 Å². The van der Waals surface area contributed by atoms with Crippen LogP contribution >= 0.6 is 0 Å². The molecule has 4 nitrogen and oxygen atoms in total. The van der Waals surface area contributed by atoms with Crippen LogP contribution in [-0.2, 0) is 6.42 Å². The molecule has 1 aliphatic heterocycles. The first kappa shape index (κ1) is 28.2. The van der Waals surface area contributed by atoms with Crippen molar-refractivity contribution in [1.29, 1.82) is 0 Å². The van der Waals surface area contributed by atoms with Gasteiger partial charge in [-0.3, -0.25) is 0 Å². The van der Waals surface area contributed by atoms with Crippen molar-refractivity contribution in [2.75, 3.05) is 33.2 Å². The maximum Gasteiger partial charge on any atom is 0.317 e. The first-order valence-corrected chi connectivity index (χ1v) is 12.4. The Hall–Kier alpha value is -1.81. The minimum absolute atomic E-state index is 0. The van der Waals surface area contributed by atoms with E-state index in [-0.39, 0.29) is 19.5 Å². The predicted molar refractivity (Wildman–Crippen MR) is 140 cm³/mol. The molecule has 1 unspecified atom stereocenters. The second-order valence-corrected chi connectivity index (χ2v) is 9.52. The van der Waals surface area contributed by atoms with Crippen LogP contribution in [0.2, 0.25) is 0 Å². The summed E-state index contributed by atoms with van der Waals surface area (Å²) in [7, 11) is 2.20. The van der Waals surface area contributed by atoms with Gasteiger partial charge in [0.15, 0.2) is 0 Å². The molecule has 32 heavy (non-hydrogen) atoms. The number of hydrogen-bond donors (Lipinski definition) is 1. The van der Waals surface area contributed by atoms with Crippen LogP contribution in [0.5, 0.6) is 0 Å². The third-order valence-corrected chi connectivity index (χ3v) is 6.57. The summed E-state index contributed by atoms with van der Waals surface area (Å²) in [5, 5.41) is 3.23. The second-order valence-electron chi connectivity index (χ2n) is 9.52. The number of carbonyl (C=O) groups is 1. The lowest BCUT2D eigenvalue weighted by Gasteiger charge is -2.33. The third kappa shape index (κ3) is 8.61.